The monoisotopic (exact) mass is 258 g/mol. The minimum absolute atomic E-state index is 0.0670. The van der Waals surface area contributed by atoms with E-state index in [0.29, 0.717) is 11.3 Å². The number of benzene rings is 1. The number of phenolic OH excluding ortho intramolecular Hbond substituents is 1. The molecule has 0 spiro atoms. The Morgan fingerprint density at radius 1 is 1.35 bits per heavy atom. The van der Waals surface area contributed by atoms with Crippen LogP contribution in [0.1, 0.15) is 19.4 Å². The van der Waals surface area contributed by atoms with Gasteiger partial charge in [0.05, 0.1) is 5.69 Å². The molecule has 0 bridgehead atoms. The fraction of sp³-hybridized carbons (Fsp3) is 0.455. The molecule has 0 saturated heterocycles. The lowest BCUT2D eigenvalue weighted by molar-refractivity contribution is 0.414. The average Bonchev–Trinajstić information content (AvgIpc) is 2.23. The molecule has 0 fully saturated rings. The molecule has 96 valence electrons. The molecule has 0 heterocycles. The van der Waals surface area contributed by atoms with Crippen LogP contribution in [0, 0.1) is 6.92 Å². The number of anilines is 1. The van der Waals surface area contributed by atoms with Crippen LogP contribution in [0.15, 0.2) is 18.2 Å². The smallest absolute Gasteiger partial charge is 0.301 e. The maximum Gasteiger partial charge on any atom is 0.301 e. The normalized spacial score (nSPS) is 12.1. The van der Waals surface area contributed by atoms with Gasteiger partial charge in [0.25, 0.3) is 0 Å². The lowest BCUT2D eigenvalue weighted by Gasteiger charge is -2.22. The van der Waals surface area contributed by atoms with E-state index >= 15 is 0 Å². The van der Waals surface area contributed by atoms with Gasteiger partial charge < -0.3 is 5.11 Å². The summed E-state index contributed by atoms with van der Waals surface area (Å²) in [5, 5.41) is 9.50. The lowest BCUT2D eigenvalue weighted by Crippen LogP contribution is -2.37. The van der Waals surface area contributed by atoms with Crippen molar-refractivity contribution in [2.45, 2.75) is 26.8 Å². The van der Waals surface area contributed by atoms with Gasteiger partial charge in [-0.05, 0) is 32.9 Å². The Labute approximate surface area is 102 Å². The van der Waals surface area contributed by atoms with Crippen LogP contribution in [-0.4, -0.2) is 30.9 Å². The fourth-order valence-electron chi connectivity index (χ4n) is 1.22. The molecule has 1 aromatic carbocycles. The van der Waals surface area contributed by atoms with Crippen molar-refractivity contribution in [1.29, 1.82) is 0 Å². The second kappa shape index (κ2) is 4.93. The van der Waals surface area contributed by atoms with E-state index in [0.717, 1.165) is 0 Å². The van der Waals surface area contributed by atoms with Gasteiger partial charge in [0.2, 0.25) is 0 Å². The third-order valence-corrected chi connectivity index (χ3v) is 4.31. The SMILES string of the molecule is Cc1c(O)cccc1NS(=O)(=O)N(C)C(C)C. The van der Waals surface area contributed by atoms with E-state index in [2.05, 4.69) is 4.72 Å². The zero-order valence-electron chi connectivity index (χ0n) is 10.4. The lowest BCUT2D eigenvalue weighted by atomic mass is 10.2. The largest absolute Gasteiger partial charge is 0.508 e. The highest BCUT2D eigenvalue weighted by Crippen LogP contribution is 2.25. The first-order valence-corrected chi connectivity index (χ1v) is 6.74. The first-order valence-electron chi connectivity index (χ1n) is 5.30. The average molecular weight is 258 g/mol. The van der Waals surface area contributed by atoms with Gasteiger partial charge in [-0.1, -0.05) is 6.07 Å². The highest BCUT2D eigenvalue weighted by Gasteiger charge is 2.21. The first-order chi connectivity index (χ1) is 7.75. The van der Waals surface area contributed by atoms with Crippen LogP contribution >= 0.6 is 0 Å². The number of nitrogens with zero attached hydrogens (tertiary/aromatic N) is 1. The summed E-state index contributed by atoms with van der Waals surface area (Å²) in [5.74, 6) is 0.0670. The van der Waals surface area contributed by atoms with Gasteiger partial charge >= 0.3 is 10.2 Å². The molecule has 0 radical (unpaired) electrons. The molecule has 0 aliphatic heterocycles. The number of nitrogens with one attached hydrogen (secondary N) is 1. The van der Waals surface area contributed by atoms with E-state index in [-0.39, 0.29) is 11.8 Å². The molecular weight excluding hydrogens is 240 g/mol. The third kappa shape index (κ3) is 3.10. The molecular formula is C11H18N2O3S. The number of hydrogen-bond acceptors (Lipinski definition) is 3. The van der Waals surface area contributed by atoms with Crippen LogP contribution in [0.25, 0.3) is 0 Å². The van der Waals surface area contributed by atoms with Crippen molar-refractivity contribution in [1.82, 2.24) is 4.31 Å². The maximum atomic E-state index is 11.9. The Bertz CT molecular complexity index is 497. The van der Waals surface area contributed by atoms with Crippen molar-refractivity contribution in [2.24, 2.45) is 0 Å². The van der Waals surface area contributed by atoms with Crippen LogP contribution in [-0.2, 0) is 10.2 Å². The summed E-state index contributed by atoms with van der Waals surface area (Å²) in [6.07, 6.45) is 0. The Morgan fingerprint density at radius 2 is 1.94 bits per heavy atom. The number of aromatic hydroxyl groups is 1. The summed E-state index contributed by atoms with van der Waals surface area (Å²) in [6.45, 7) is 5.23. The van der Waals surface area contributed by atoms with Gasteiger partial charge in [0, 0.05) is 18.7 Å². The molecule has 0 aliphatic carbocycles. The molecule has 0 aromatic heterocycles. The Balaban J connectivity index is 3.03. The van der Waals surface area contributed by atoms with Crippen molar-refractivity contribution in [3.05, 3.63) is 23.8 Å². The second-order valence-corrected chi connectivity index (χ2v) is 5.90. The van der Waals surface area contributed by atoms with Crippen molar-refractivity contribution in [3.63, 3.8) is 0 Å². The van der Waals surface area contributed by atoms with E-state index < -0.39 is 10.2 Å². The molecule has 1 rings (SSSR count). The van der Waals surface area contributed by atoms with E-state index in [4.69, 9.17) is 0 Å². The van der Waals surface area contributed by atoms with Crippen molar-refractivity contribution in [2.75, 3.05) is 11.8 Å². The molecule has 1 aromatic rings. The molecule has 0 aliphatic rings. The van der Waals surface area contributed by atoms with Gasteiger partial charge in [-0.25, -0.2) is 0 Å². The minimum atomic E-state index is -3.58. The number of rotatable bonds is 4. The highest BCUT2D eigenvalue weighted by atomic mass is 32.2. The molecule has 17 heavy (non-hydrogen) atoms. The van der Waals surface area contributed by atoms with Gasteiger partial charge in [0.1, 0.15) is 5.75 Å². The summed E-state index contributed by atoms with van der Waals surface area (Å²) in [6, 6.07) is 4.58. The molecule has 0 atom stereocenters. The molecule has 0 saturated carbocycles. The van der Waals surface area contributed by atoms with Crippen molar-refractivity contribution >= 4 is 15.9 Å². The van der Waals surface area contributed by atoms with Crippen LogP contribution in [0.3, 0.4) is 0 Å². The topological polar surface area (TPSA) is 69.6 Å². The minimum Gasteiger partial charge on any atom is -0.508 e. The van der Waals surface area contributed by atoms with Crippen LogP contribution in [0.5, 0.6) is 5.75 Å². The highest BCUT2D eigenvalue weighted by molar-refractivity contribution is 7.90. The van der Waals surface area contributed by atoms with Gasteiger partial charge in [-0.15, -0.1) is 0 Å². The Hall–Kier alpha value is -1.27. The predicted octanol–water partition coefficient (Wildman–Crippen LogP) is 1.70. The first kappa shape index (κ1) is 13.8. The number of phenols is 1. The summed E-state index contributed by atoms with van der Waals surface area (Å²) in [4.78, 5) is 0. The summed E-state index contributed by atoms with van der Waals surface area (Å²) >= 11 is 0. The predicted molar refractivity (Wildman–Crippen MR) is 68.3 cm³/mol. The van der Waals surface area contributed by atoms with Gasteiger partial charge in [-0.2, -0.15) is 12.7 Å². The second-order valence-electron chi connectivity index (χ2n) is 4.17. The van der Waals surface area contributed by atoms with E-state index in [1.54, 1.807) is 32.9 Å². The van der Waals surface area contributed by atoms with Crippen molar-refractivity contribution < 1.29 is 13.5 Å². The van der Waals surface area contributed by atoms with Crippen LogP contribution in [0.2, 0.25) is 0 Å². The molecule has 2 N–H and O–H groups in total. The van der Waals surface area contributed by atoms with Gasteiger partial charge in [0.15, 0.2) is 0 Å². The summed E-state index contributed by atoms with van der Waals surface area (Å²) in [5.41, 5.74) is 0.894. The van der Waals surface area contributed by atoms with Gasteiger partial charge in [-0.3, -0.25) is 4.72 Å². The van der Waals surface area contributed by atoms with Crippen molar-refractivity contribution in [3.8, 4) is 5.75 Å². The zero-order valence-corrected chi connectivity index (χ0v) is 11.2. The van der Waals surface area contributed by atoms with E-state index in [9.17, 15) is 13.5 Å². The molecule has 6 heteroatoms. The molecule has 0 amide bonds. The molecule has 5 nitrogen and oxygen atoms in total. The summed E-state index contributed by atoms with van der Waals surface area (Å²) in [7, 11) is -2.07. The van der Waals surface area contributed by atoms with Crippen LogP contribution in [0.4, 0.5) is 5.69 Å². The fourth-order valence-corrected chi connectivity index (χ4v) is 2.42. The Morgan fingerprint density at radius 3 is 2.47 bits per heavy atom. The quantitative estimate of drug-likeness (QED) is 0.863. The third-order valence-electron chi connectivity index (χ3n) is 2.65. The zero-order chi connectivity index (χ0) is 13.2. The Kier molecular flexibility index (Phi) is 4.00. The number of hydrogen-bond donors (Lipinski definition) is 2. The summed E-state index contributed by atoms with van der Waals surface area (Å²) < 4.78 is 27.6. The van der Waals surface area contributed by atoms with E-state index in [1.165, 1.54) is 17.4 Å². The van der Waals surface area contributed by atoms with E-state index in [1.807, 2.05) is 0 Å². The van der Waals surface area contributed by atoms with Crippen LogP contribution < -0.4 is 4.72 Å². The standard InChI is InChI=1S/C11H18N2O3S/c1-8(2)13(4)17(15,16)12-10-6-5-7-11(14)9(10)3/h5-8,12,14H,1-4H3. The maximum absolute atomic E-state index is 11.9. The molecule has 0 unspecified atom stereocenters.